The minimum Gasteiger partial charge on any atom is -0.493 e. The van der Waals surface area contributed by atoms with Crippen molar-refractivity contribution in [2.45, 2.75) is 6.42 Å². The maximum absolute atomic E-state index is 12.0. The third-order valence-corrected chi connectivity index (χ3v) is 4.71. The van der Waals surface area contributed by atoms with E-state index >= 15 is 0 Å². The van der Waals surface area contributed by atoms with Gasteiger partial charge in [0.15, 0.2) is 11.5 Å². The van der Waals surface area contributed by atoms with Crippen molar-refractivity contribution < 1.29 is 14.3 Å². The van der Waals surface area contributed by atoms with Crippen molar-refractivity contribution >= 4 is 23.6 Å². The highest BCUT2D eigenvalue weighted by Gasteiger charge is 2.13. The molecule has 0 spiro atoms. The van der Waals surface area contributed by atoms with Gasteiger partial charge in [-0.15, -0.1) is 0 Å². The summed E-state index contributed by atoms with van der Waals surface area (Å²) in [5.41, 5.74) is 0.778. The molecule has 0 aliphatic carbocycles. The Morgan fingerprint density at radius 2 is 1.96 bits per heavy atom. The Kier molecular flexibility index (Phi) is 8.22. The zero-order valence-electron chi connectivity index (χ0n) is 15.8. The third kappa shape index (κ3) is 6.20. The minimum absolute atomic E-state index is 0.116. The van der Waals surface area contributed by atoms with E-state index in [0.29, 0.717) is 23.1 Å². The number of hydrogen-bond donors (Lipinski definition) is 1. The zero-order chi connectivity index (χ0) is 18.9. The van der Waals surface area contributed by atoms with E-state index in [4.69, 9.17) is 21.1 Å². The summed E-state index contributed by atoms with van der Waals surface area (Å²) in [7, 11) is 5.24. The largest absolute Gasteiger partial charge is 0.493 e. The summed E-state index contributed by atoms with van der Waals surface area (Å²) in [6, 6.07) is 3.52. The predicted molar refractivity (Wildman–Crippen MR) is 105 cm³/mol. The van der Waals surface area contributed by atoms with E-state index in [-0.39, 0.29) is 5.91 Å². The van der Waals surface area contributed by atoms with E-state index in [1.54, 1.807) is 25.3 Å². The normalized spacial score (nSPS) is 16.0. The zero-order valence-corrected chi connectivity index (χ0v) is 16.5. The Balaban J connectivity index is 1.76. The van der Waals surface area contributed by atoms with E-state index in [2.05, 4.69) is 22.2 Å². The average molecular weight is 382 g/mol. The Hall–Kier alpha value is -1.76. The van der Waals surface area contributed by atoms with E-state index in [9.17, 15) is 4.79 Å². The molecular weight excluding hydrogens is 354 g/mol. The standard InChI is InChI=1S/C19H28ClN3O3/c1-22-9-11-23(12-10-22)8-4-7-21-18(24)6-5-15-13-16(20)19(26-3)17(14-15)25-2/h5-6,13-14H,4,7-12H2,1-3H3,(H,21,24)/b6-5+. The molecule has 1 fully saturated rings. The van der Waals surface area contributed by atoms with Crippen LogP contribution in [-0.2, 0) is 4.79 Å². The van der Waals surface area contributed by atoms with Crippen LogP contribution in [0.15, 0.2) is 18.2 Å². The van der Waals surface area contributed by atoms with Gasteiger partial charge in [-0.1, -0.05) is 11.6 Å². The van der Waals surface area contributed by atoms with Crippen LogP contribution in [0.1, 0.15) is 12.0 Å². The number of ether oxygens (including phenoxy) is 2. The van der Waals surface area contributed by atoms with Gasteiger partial charge < -0.3 is 24.6 Å². The van der Waals surface area contributed by atoms with Crippen molar-refractivity contribution in [3.05, 3.63) is 28.8 Å². The van der Waals surface area contributed by atoms with Crippen LogP contribution in [0, 0.1) is 0 Å². The van der Waals surface area contributed by atoms with Gasteiger partial charge in [-0.2, -0.15) is 0 Å². The van der Waals surface area contributed by atoms with Crippen molar-refractivity contribution in [3.8, 4) is 11.5 Å². The second-order valence-corrected chi connectivity index (χ2v) is 6.77. The Morgan fingerprint density at radius 3 is 2.62 bits per heavy atom. The lowest BCUT2D eigenvalue weighted by Crippen LogP contribution is -2.45. The molecular formula is C19H28ClN3O3. The maximum Gasteiger partial charge on any atom is 0.243 e. The van der Waals surface area contributed by atoms with Gasteiger partial charge in [-0.05, 0) is 43.8 Å². The second kappa shape index (κ2) is 10.4. The molecule has 0 bridgehead atoms. The van der Waals surface area contributed by atoms with Crippen LogP contribution in [0.4, 0.5) is 0 Å². The van der Waals surface area contributed by atoms with Gasteiger partial charge in [0, 0.05) is 38.8 Å². The first-order valence-corrected chi connectivity index (χ1v) is 9.19. The first-order valence-electron chi connectivity index (χ1n) is 8.82. The monoisotopic (exact) mass is 381 g/mol. The van der Waals surface area contributed by atoms with Crippen molar-refractivity contribution in [3.63, 3.8) is 0 Å². The molecule has 0 atom stereocenters. The maximum atomic E-state index is 12.0. The molecule has 0 unspecified atom stereocenters. The van der Waals surface area contributed by atoms with Gasteiger partial charge in [0.1, 0.15) is 0 Å². The minimum atomic E-state index is -0.116. The van der Waals surface area contributed by atoms with Gasteiger partial charge in [0.05, 0.1) is 19.2 Å². The van der Waals surface area contributed by atoms with Crippen LogP contribution < -0.4 is 14.8 Å². The smallest absolute Gasteiger partial charge is 0.243 e. The van der Waals surface area contributed by atoms with Crippen LogP contribution in [0.2, 0.25) is 5.02 Å². The molecule has 2 rings (SSSR count). The molecule has 0 radical (unpaired) electrons. The van der Waals surface area contributed by atoms with Gasteiger partial charge in [0.25, 0.3) is 0 Å². The number of nitrogens with zero attached hydrogens (tertiary/aromatic N) is 2. The number of benzene rings is 1. The lowest BCUT2D eigenvalue weighted by molar-refractivity contribution is -0.116. The fourth-order valence-corrected chi connectivity index (χ4v) is 3.15. The highest BCUT2D eigenvalue weighted by atomic mass is 35.5. The van der Waals surface area contributed by atoms with Crippen molar-refractivity contribution in [1.29, 1.82) is 0 Å². The number of nitrogens with one attached hydrogen (secondary N) is 1. The Morgan fingerprint density at radius 1 is 1.23 bits per heavy atom. The van der Waals surface area contributed by atoms with Gasteiger partial charge in [0.2, 0.25) is 5.91 Å². The number of hydrogen-bond acceptors (Lipinski definition) is 5. The number of rotatable bonds is 8. The molecule has 1 saturated heterocycles. The molecule has 1 aromatic carbocycles. The topological polar surface area (TPSA) is 54.0 Å². The number of likely N-dealkylation sites (N-methyl/N-ethyl adjacent to an activating group) is 1. The van der Waals surface area contributed by atoms with Crippen LogP contribution in [0.5, 0.6) is 11.5 Å². The first kappa shape index (κ1) is 20.6. The third-order valence-electron chi connectivity index (χ3n) is 4.43. The SMILES string of the molecule is COc1cc(/C=C/C(=O)NCCCN2CCN(C)CC2)cc(Cl)c1OC. The lowest BCUT2D eigenvalue weighted by Gasteiger charge is -2.32. The molecule has 26 heavy (non-hydrogen) atoms. The van der Waals surface area contributed by atoms with Gasteiger partial charge in [-0.3, -0.25) is 4.79 Å². The summed E-state index contributed by atoms with van der Waals surface area (Å²) in [5.74, 6) is 0.904. The number of halogens is 1. The van der Waals surface area contributed by atoms with Crippen LogP contribution in [0.3, 0.4) is 0 Å². The molecule has 144 valence electrons. The fourth-order valence-electron chi connectivity index (χ4n) is 2.85. The lowest BCUT2D eigenvalue weighted by atomic mass is 10.2. The van der Waals surface area contributed by atoms with Gasteiger partial charge in [-0.25, -0.2) is 0 Å². The van der Waals surface area contributed by atoms with Crippen LogP contribution >= 0.6 is 11.6 Å². The number of amides is 1. The highest BCUT2D eigenvalue weighted by Crippen LogP contribution is 2.36. The van der Waals surface area contributed by atoms with E-state index in [1.165, 1.54) is 13.2 Å². The van der Waals surface area contributed by atoms with Crippen LogP contribution in [0.25, 0.3) is 6.08 Å². The van der Waals surface area contributed by atoms with Crippen LogP contribution in [-0.4, -0.2) is 76.2 Å². The molecule has 1 heterocycles. The Bertz CT molecular complexity index is 629. The number of methoxy groups -OCH3 is 2. The highest BCUT2D eigenvalue weighted by molar-refractivity contribution is 6.32. The number of carbonyl (C=O) groups excluding carboxylic acids is 1. The van der Waals surface area contributed by atoms with E-state index in [0.717, 1.165) is 44.7 Å². The number of piperazine rings is 1. The summed E-state index contributed by atoms with van der Waals surface area (Å²) in [4.78, 5) is 16.7. The molecule has 1 aromatic rings. The predicted octanol–water partition coefficient (Wildman–Crippen LogP) is 2.12. The average Bonchev–Trinajstić information content (AvgIpc) is 2.64. The van der Waals surface area contributed by atoms with Crippen molar-refractivity contribution in [1.82, 2.24) is 15.1 Å². The van der Waals surface area contributed by atoms with E-state index < -0.39 is 0 Å². The quantitative estimate of drug-likeness (QED) is 0.552. The summed E-state index contributed by atoms with van der Waals surface area (Å²) in [6.07, 6.45) is 4.17. The molecule has 1 aliphatic rings. The molecule has 1 aliphatic heterocycles. The molecule has 1 amide bonds. The second-order valence-electron chi connectivity index (χ2n) is 6.36. The summed E-state index contributed by atoms with van der Waals surface area (Å²) in [6.45, 7) is 6.12. The number of carbonyl (C=O) groups is 1. The summed E-state index contributed by atoms with van der Waals surface area (Å²) >= 11 is 6.17. The molecule has 7 heteroatoms. The summed E-state index contributed by atoms with van der Waals surface area (Å²) in [5, 5.41) is 3.36. The molecule has 0 aromatic heterocycles. The fraction of sp³-hybridized carbons (Fsp3) is 0.526. The van der Waals surface area contributed by atoms with Crippen molar-refractivity contribution in [2.75, 3.05) is 60.5 Å². The Labute approximate surface area is 160 Å². The first-order chi connectivity index (χ1) is 12.5. The van der Waals surface area contributed by atoms with Gasteiger partial charge >= 0.3 is 0 Å². The molecule has 0 saturated carbocycles. The molecule has 1 N–H and O–H groups in total. The summed E-state index contributed by atoms with van der Waals surface area (Å²) < 4.78 is 10.5. The van der Waals surface area contributed by atoms with Crippen molar-refractivity contribution in [2.24, 2.45) is 0 Å². The molecule has 6 nitrogen and oxygen atoms in total. The van der Waals surface area contributed by atoms with E-state index in [1.807, 2.05) is 0 Å².